The SMILES string of the molecule is CCCN(CC)C(=O)c1cc(S(=O)(=O)Cl)c(F)cc1Cl. The molecule has 0 N–H and O–H groups in total. The van der Waals surface area contributed by atoms with Gasteiger partial charge in [-0.2, -0.15) is 0 Å². The number of carbonyl (C=O) groups is 1. The third-order valence-electron chi connectivity index (χ3n) is 2.68. The highest BCUT2D eigenvalue weighted by molar-refractivity contribution is 8.13. The molecule has 0 radical (unpaired) electrons. The fourth-order valence-electron chi connectivity index (χ4n) is 1.72. The van der Waals surface area contributed by atoms with Gasteiger partial charge in [-0.1, -0.05) is 18.5 Å². The largest absolute Gasteiger partial charge is 0.339 e. The van der Waals surface area contributed by atoms with Crippen molar-refractivity contribution in [2.75, 3.05) is 13.1 Å². The zero-order valence-electron chi connectivity index (χ0n) is 11.0. The fourth-order valence-corrected chi connectivity index (χ4v) is 2.86. The molecule has 112 valence electrons. The van der Waals surface area contributed by atoms with Crippen molar-refractivity contribution in [3.63, 3.8) is 0 Å². The van der Waals surface area contributed by atoms with E-state index in [1.165, 1.54) is 4.90 Å². The Kier molecular flexibility index (Phi) is 5.79. The summed E-state index contributed by atoms with van der Waals surface area (Å²) in [6.07, 6.45) is 0.735. The molecular weight excluding hydrogens is 328 g/mol. The number of rotatable bonds is 5. The average Bonchev–Trinajstić information content (AvgIpc) is 2.33. The van der Waals surface area contributed by atoms with E-state index in [0.29, 0.717) is 13.1 Å². The van der Waals surface area contributed by atoms with Crippen molar-refractivity contribution < 1.29 is 17.6 Å². The summed E-state index contributed by atoms with van der Waals surface area (Å²) in [7, 11) is 0.849. The maximum absolute atomic E-state index is 13.5. The van der Waals surface area contributed by atoms with Crippen LogP contribution in [0.3, 0.4) is 0 Å². The van der Waals surface area contributed by atoms with Gasteiger partial charge < -0.3 is 4.90 Å². The van der Waals surface area contributed by atoms with Gasteiger partial charge in [-0.05, 0) is 25.5 Å². The van der Waals surface area contributed by atoms with Crippen LogP contribution in [0.5, 0.6) is 0 Å². The first kappa shape index (κ1) is 17.2. The second-order valence-corrected chi connectivity index (χ2v) is 7.03. The van der Waals surface area contributed by atoms with E-state index in [0.717, 1.165) is 18.6 Å². The Labute approximate surface area is 126 Å². The molecule has 0 spiro atoms. The minimum Gasteiger partial charge on any atom is -0.339 e. The van der Waals surface area contributed by atoms with Crippen molar-refractivity contribution in [3.05, 3.63) is 28.5 Å². The summed E-state index contributed by atoms with van der Waals surface area (Å²) in [4.78, 5) is 13.0. The molecule has 1 aromatic rings. The third-order valence-corrected chi connectivity index (χ3v) is 4.33. The minimum atomic E-state index is -4.28. The lowest BCUT2D eigenvalue weighted by Crippen LogP contribution is -2.31. The first-order valence-electron chi connectivity index (χ1n) is 5.95. The maximum Gasteiger partial charge on any atom is 0.264 e. The Morgan fingerprint density at radius 1 is 1.35 bits per heavy atom. The number of nitrogens with zero attached hydrogens (tertiary/aromatic N) is 1. The molecule has 0 aromatic heterocycles. The average molecular weight is 342 g/mol. The van der Waals surface area contributed by atoms with Crippen LogP contribution in [0.2, 0.25) is 5.02 Å². The van der Waals surface area contributed by atoms with Gasteiger partial charge in [-0.15, -0.1) is 0 Å². The zero-order chi connectivity index (χ0) is 15.5. The van der Waals surface area contributed by atoms with Gasteiger partial charge in [0.05, 0.1) is 10.6 Å². The standard InChI is InChI=1S/C12H14Cl2FNO3S/c1-3-5-16(4-2)12(17)8-6-11(20(14,18)19)10(15)7-9(8)13/h6-7H,3-5H2,1-2H3. The molecule has 0 aliphatic rings. The van der Waals surface area contributed by atoms with Gasteiger partial charge in [0.25, 0.3) is 15.0 Å². The molecule has 0 saturated heterocycles. The molecule has 8 heteroatoms. The zero-order valence-corrected chi connectivity index (χ0v) is 13.3. The molecule has 0 saturated carbocycles. The second kappa shape index (κ2) is 6.74. The van der Waals surface area contributed by atoms with E-state index in [2.05, 4.69) is 0 Å². The van der Waals surface area contributed by atoms with Crippen molar-refractivity contribution in [2.45, 2.75) is 25.2 Å². The summed E-state index contributed by atoms with van der Waals surface area (Å²) in [5.41, 5.74) is -0.0809. The number of hydrogen-bond acceptors (Lipinski definition) is 3. The Hall–Kier alpha value is -0.850. The van der Waals surface area contributed by atoms with Gasteiger partial charge in [0, 0.05) is 23.8 Å². The predicted octanol–water partition coefficient (Wildman–Crippen LogP) is 3.28. The summed E-state index contributed by atoms with van der Waals surface area (Å²) in [5, 5.41) is -0.147. The number of hydrogen-bond donors (Lipinski definition) is 0. The molecule has 0 atom stereocenters. The topological polar surface area (TPSA) is 54.5 Å². The van der Waals surface area contributed by atoms with Crippen molar-refractivity contribution >= 4 is 37.2 Å². The monoisotopic (exact) mass is 341 g/mol. The lowest BCUT2D eigenvalue weighted by molar-refractivity contribution is 0.0764. The maximum atomic E-state index is 13.5. The third kappa shape index (κ3) is 3.84. The number of carbonyl (C=O) groups excluding carboxylic acids is 1. The molecule has 0 fully saturated rings. The van der Waals surface area contributed by atoms with E-state index >= 15 is 0 Å². The molecule has 0 aliphatic carbocycles. The minimum absolute atomic E-state index is 0.0809. The summed E-state index contributed by atoms with van der Waals surface area (Å²) in [5.74, 6) is -1.54. The highest BCUT2D eigenvalue weighted by atomic mass is 35.7. The fraction of sp³-hybridized carbons (Fsp3) is 0.417. The van der Waals surface area contributed by atoms with Crippen LogP contribution in [0, 0.1) is 5.82 Å². The number of halogens is 3. The van der Waals surface area contributed by atoms with E-state index in [1.54, 1.807) is 6.92 Å². The second-order valence-electron chi connectivity index (χ2n) is 4.09. The lowest BCUT2D eigenvalue weighted by Gasteiger charge is -2.21. The van der Waals surface area contributed by atoms with E-state index in [9.17, 15) is 17.6 Å². The summed E-state index contributed by atoms with van der Waals surface area (Å²) < 4.78 is 36.1. The molecule has 1 amide bonds. The highest BCUT2D eigenvalue weighted by Gasteiger charge is 2.23. The highest BCUT2D eigenvalue weighted by Crippen LogP contribution is 2.27. The first-order chi connectivity index (χ1) is 9.22. The van der Waals surface area contributed by atoms with E-state index in [4.69, 9.17) is 22.3 Å². The molecule has 4 nitrogen and oxygen atoms in total. The Bertz CT molecular complexity index is 619. The molecule has 1 rings (SSSR count). The van der Waals surface area contributed by atoms with Gasteiger partial charge >= 0.3 is 0 Å². The van der Waals surface area contributed by atoms with Gasteiger partial charge in [0.15, 0.2) is 0 Å². The number of benzene rings is 1. The normalized spacial score (nSPS) is 11.4. The van der Waals surface area contributed by atoms with Crippen LogP contribution < -0.4 is 0 Å². The Morgan fingerprint density at radius 2 is 1.95 bits per heavy atom. The summed E-state index contributed by atoms with van der Waals surface area (Å²) in [6, 6.07) is 1.66. The smallest absolute Gasteiger partial charge is 0.264 e. The van der Waals surface area contributed by atoms with Crippen molar-refractivity contribution in [1.82, 2.24) is 4.90 Å². The van der Waals surface area contributed by atoms with Crippen molar-refractivity contribution in [3.8, 4) is 0 Å². The number of amides is 1. The lowest BCUT2D eigenvalue weighted by atomic mass is 10.2. The summed E-state index contributed by atoms with van der Waals surface area (Å²) in [6.45, 7) is 4.61. The van der Waals surface area contributed by atoms with Gasteiger partial charge in [-0.25, -0.2) is 12.8 Å². The van der Waals surface area contributed by atoms with Crippen LogP contribution in [0.1, 0.15) is 30.6 Å². The van der Waals surface area contributed by atoms with Crippen molar-refractivity contribution in [1.29, 1.82) is 0 Å². The first-order valence-corrected chi connectivity index (χ1v) is 8.64. The van der Waals surface area contributed by atoms with Gasteiger partial charge in [0.1, 0.15) is 10.7 Å². The molecular formula is C12H14Cl2FNO3S. The Balaban J connectivity index is 3.35. The van der Waals surface area contributed by atoms with Crippen molar-refractivity contribution in [2.24, 2.45) is 0 Å². The van der Waals surface area contributed by atoms with Crippen LogP contribution in [0.4, 0.5) is 4.39 Å². The van der Waals surface area contributed by atoms with Crippen LogP contribution >= 0.6 is 22.3 Å². The predicted molar refractivity (Wildman–Crippen MR) is 76.3 cm³/mol. The Morgan fingerprint density at radius 3 is 2.40 bits per heavy atom. The molecule has 0 unspecified atom stereocenters. The molecule has 0 bridgehead atoms. The molecule has 20 heavy (non-hydrogen) atoms. The van der Waals surface area contributed by atoms with Crippen LogP contribution in [-0.4, -0.2) is 32.3 Å². The van der Waals surface area contributed by atoms with Gasteiger partial charge in [0.2, 0.25) is 0 Å². The van der Waals surface area contributed by atoms with E-state index in [1.807, 2.05) is 6.92 Å². The molecule has 0 aliphatic heterocycles. The molecule has 0 heterocycles. The van der Waals surface area contributed by atoms with Crippen LogP contribution in [-0.2, 0) is 9.05 Å². The van der Waals surface area contributed by atoms with Crippen LogP contribution in [0.25, 0.3) is 0 Å². The van der Waals surface area contributed by atoms with E-state index < -0.39 is 25.7 Å². The molecule has 1 aromatic carbocycles. The van der Waals surface area contributed by atoms with Crippen LogP contribution in [0.15, 0.2) is 17.0 Å². The van der Waals surface area contributed by atoms with Gasteiger partial charge in [-0.3, -0.25) is 4.79 Å². The summed E-state index contributed by atoms with van der Waals surface area (Å²) >= 11 is 5.82. The van der Waals surface area contributed by atoms with E-state index in [-0.39, 0.29) is 10.6 Å². The quantitative estimate of drug-likeness (QED) is 0.772.